The fourth-order valence-corrected chi connectivity index (χ4v) is 3.69. The Labute approximate surface area is 133 Å². The van der Waals surface area contributed by atoms with Crippen molar-refractivity contribution in [2.75, 3.05) is 13.1 Å². The minimum atomic E-state index is -4.19. The molecule has 2 amide bonds. The topological polar surface area (TPSA) is 83.6 Å². The first-order valence-electron chi connectivity index (χ1n) is 7.97. The molecule has 1 aliphatic heterocycles. The minimum absolute atomic E-state index is 0.0218. The second kappa shape index (κ2) is 6.67. The maximum Gasteiger partial charge on any atom is 0.391 e. The van der Waals surface area contributed by atoms with Crippen LogP contribution in [0.15, 0.2) is 0 Å². The predicted molar refractivity (Wildman–Crippen MR) is 76.1 cm³/mol. The molecule has 2 rings (SSSR count). The number of hydrogen-bond donors (Lipinski definition) is 2. The summed E-state index contributed by atoms with van der Waals surface area (Å²) in [4.78, 5) is 25.0. The molecular formula is C15H23F3N2O3. The number of rotatable bonds is 3. The molecule has 1 aliphatic carbocycles. The molecule has 132 valence electrons. The van der Waals surface area contributed by atoms with Gasteiger partial charge in [-0.15, -0.1) is 0 Å². The molecule has 5 nitrogen and oxygen atoms in total. The van der Waals surface area contributed by atoms with Crippen molar-refractivity contribution < 1.29 is 27.9 Å². The molecule has 1 saturated carbocycles. The zero-order valence-corrected chi connectivity index (χ0v) is 12.9. The number of halogens is 3. The van der Waals surface area contributed by atoms with Crippen LogP contribution in [-0.2, 0) is 9.59 Å². The van der Waals surface area contributed by atoms with Crippen molar-refractivity contribution in [1.82, 2.24) is 4.90 Å². The molecule has 2 aliphatic rings. The minimum Gasteiger partial charge on any atom is -0.388 e. The molecule has 0 aromatic rings. The second-order valence-corrected chi connectivity index (χ2v) is 6.82. The third-order valence-corrected chi connectivity index (χ3v) is 4.91. The van der Waals surface area contributed by atoms with Crippen molar-refractivity contribution in [2.45, 2.75) is 56.7 Å². The van der Waals surface area contributed by atoms with Gasteiger partial charge in [-0.3, -0.25) is 9.59 Å². The van der Waals surface area contributed by atoms with E-state index in [0.717, 1.165) is 0 Å². The molecule has 2 fully saturated rings. The van der Waals surface area contributed by atoms with Crippen LogP contribution in [0, 0.1) is 11.8 Å². The van der Waals surface area contributed by atoms with Crippen LogP contribution >= 0.6 is 0 Å². The Hall–Kier alpha value is -1.31. The Bertz CT molecular complexity index is 461. The number of carbonyl (C=O) groups is 2. The Morgan fingerprint density at radius 3 is 2.35 bits per heavy atom. The van der Waals surface area contributed by atoms with E-state index in [1.807, 2.05) is 0 Å². The van der Waals surface area contributed by atoms with E-state index in [-0.39, 0.29) is 44.6 Å². The number of amides is 2. The van der Waals surface area contributed by atoms with Crippen LogP contribution in [-0.4, -0.2) is 46.7 Å². The summed E-state index contributed by atoms with van der Waals surface area (Å²) in [5, 5.41) is 10.4. The van der Waals surface area contributed by atoms with Gasteiger partial charge in [0.05, 0.1) is 17.9 Å². The van der Waals surface area contributed by atoms with E-state index in [0.29, 0.717) is 19.4 Å². The van der Waals surface area contributed by atoms with Gasteiger partial charge in [0.25, 0.3) is 0 Å². The average molecular weight is 336 g/mol. The zero-order valence-electron chi connectivity index (χ0n) is 12.9. The van der Waals surface area contributed by atoms with Crippen LogP contribution in [0.2, 0.25) is 0 Å². The van der Waals surface area contributed by atoms with Crippen molar-refractivity contribution in [3.05, 3.63) is 0 Å². The largest absolute Gasteiger partial charge is 0.391 e. The number of nitrogens with two attached hydrogens (primary N) is 1. The van der Waals surface area contributed by atoms with E-state index in [2.05, 4.69) is 0 Å². The van der Waals surface area contributed by atoms with Crippen LogP contribution < -0.4 is 5.73 Å². The van der Waals surface area contributed by atoms with Gasteiger partial charge in [0.1, 0.15) is 0 Å². The van der Waals surface area contributed by atoms with Gasteiger partial charge in [-0.25, -0.2) is 0 Å². The van der Waals surface area contributed by atoms with Crippen LogP contribution in [0.4, 0.5) is 13.2 Å². The molecular weight excluding hydrogens is 313 g/mol. The number of carbonyl (C=O) groups excluding carboxylic acids is 2. The van der Waals surface area contributed by atoms with Crippen LogP contribution in [0.5, 0.6) is 0 Å². The highest BCUT2D eigenvalue weighted by Gasteiger charge is 2.44. The van der Waals surface area contributed by atoms with Gasteiger partial charge < -0.3 is 15.7 Å². The summed E-state index contributed by atoms with van der Waals surface area (Å²) in [6.45, 7) is 0.479. The maximum atomic E-state index is 12.7. The summed E-state index contributed by atoms with van der Waals surface area (Å²) >= 11 is 0. The lowest BCUT2D eigenvalue weighted by Gasteiger charge is -2.41. The molecule has 1 saturated heterocycles. The van der Waals surface area contributed by atoms with Crippen molar-refractivity contribution in [3.8, 4) is 0 Å². The number of hydrogen-bond acceptors (Lipinski definition) is 3. The third-order valence-electron chi connectivity index (χ3n) is 4.91. The molecule has 1 heterocycles. The molecule has 23 heavy (non-hydrogen) atoms. The highest BCUT2D eigenvalue weighted by molar-refractivity contribution is 5.79. The fraction of sp³-hybridized carbons (Fsp3) is 0.867. The van der Waals surface area contributed by atoms with E-state index in [9.17, 15) is 27.9 Å². The van der Waals surface area contributed by atoms with Crippen LogP contribution in [0.3, 0.4) is 0 Å². The summed E-state index contributed by atoms with van der Waals surface area (Å²) in [7, 11) is 0. The first kappa shape index (κ1) is 18.0. The first-order valence-corrected chi connectivity index (χ1v) is 7.97. The first-order chi connectivity index (χ1) is 10.6. The summed E-state index contributed by atoms with van der Waals surface area (Å²) < 4.78 is 38.0. The van der Waals surface area contributed by atoms with Crippen molar-refractivity contribution in [2.24, 2.45) is 17.6 Å². The van der Waals surface area contributed by atoms with Crippen molar-refractivity contribution >= 4 is 11.8 Å². The van der Waals surface area contributed by atoms with E-state index in [1.165, 1.54) is 4.90 Å². The lowest BCUT2D eigenvalue weighted by Crippen LogP contribution is -2.53. The highest BCUT2D eigenvalue weighted by Crippen LogP contribution is 2.40. The molecule has 8 heteroatoms. The van der Waals surface area contributed by atoms with Gasteiger partial charge in [-0.2, -0.15) is 13.2 Å². The lowest BCUT2D eigenvalue weighted by atomic mass is 9.80. The molecule has 0 spiro atoms. The monoisotopic (exact) mass is 336 g/mol. The summed E-state index contributed by atoms with van der Waals surface area (Å²) in [5.74, 6) is -2.59. The number of nitrogens with zero attached hydrogens (tertiary/aromatic N) is 1. The number of primary amides is 1. The number of β-amino-alcohol motifs (C(OH)–C–C–N with tert-alkyl or cyclic N) is 1. The Morgan fingerprint density at radius 2 is 1.83 bits per heavy atom. The van der Waals surface area contributed by atoms with Crippen LogP contribution in [0.25, 0.3) is 0 Å². The summed E-state index contributed by atoms with van der Waals surface area (Å²) in [5.41, 5.74) is 3.80. The Balaban J connectivity index is 1.92. The number of alkyl halides is 3. The van der Waals surface area contributed by atoms with Gasteiger partial charge in [-0.05, 0) is 38.5 Å². The van der Waals surface area contributed by atoms with E-state index in [1.54, 1.807) is 0 Å². The molecule has 1 atom stereocenters. The van der Waals surface area contributed by atoms with Gasteiger partial charge >= 0.3 is 6.18 Å². The highest BCUT2D eigenvalue weighted by atomic mass is 19.4. The van der Waals surface area contributed by atoms with Gasteiger partial charge in [0, 0.05) is 19.0 Å². The smallest absolute Gasteiger partial charge is 0.388 e. The fourth-order valence-electron chi connectivity index (χ4n) is 3.69. The molecule has 0 aromatic carbocycles. The van der Waals surface area contributed by atoms with Crippen molar-refractivity contribution in [3.63, 3.8) is 0 Å². The Kier molecular flexibility index (Phi) is 5.23. The van der Waals surface area contributed by atoms with E-state index >= 15 is 0 Å². The molecule has 3 N–H and O–H groups in total. The second-order valence-electron chi connectivity index (χ2n) is 6.82. The zero-order chi connectivity index (χ0) is 17.3. The number of aliphatic hydroxyl groups is 1. The lowest BCUT2D eigenvalue weighted by molar-refractivity contribution is -0.185. The predicted octanol–water partition coefficient (Wildman–Crippen LogP) is 1.58. The van der Waals surface area contributed by atoms with Gasteiger partial charge in [-0.1, -0.05) is 0 Å². The SMILES string of the molecule is NC(=O)CC1(O)CCCN(C(=O)C2CCC(C(F)(F)F)CC2)C1. The summed E-state index contributed by atoms with van der Waals surface area (Å²) in [6.07, 6.45) is -3.09. The van der Waals surface area contributed by atoms with Crippen molar-refractivity contribution in [1.29, 1.82) is 0 Å². The maximum absolute atomic E-state index is 12.7. The molecule has 0 aromatic heterocycles. The molecule has 0 bridgehead atoms. The quantitative estimate of drug-likeness (QED) is 0.821. The van der Waals surface area contributed by atoms with E-state index in [4.69, 9.17) is 5.73 Å². The van der Waals surface area contributed by atoms with Gasteiger partial charge in [0.15, 0.2) is 0 Å². The Morgan fingerprint density at radius 1 is 1.22 bits per heavy atom. The summed E-state index contributed by atoms with van der Waals surface area (Å²) in [6, 6.07) is 0. The standard InChI is InChI=1S/C15H23F3N2O3/c16-15(17,18)11-4-2-10(3-5-11)13(22)20-7-1-6-14(23,9-20)8-12(19)21/h10-11,23H,1-9H2,(H2,19,21). The average Bonchev–Trinajstić information content (AvgIpc) is 2.44. The van der Waals surface area contributed by atoms with Gasteiger partial charge in [0.2, 0.25) is 11.8 Å². The number of likely N-dealkylation sites (tertiary alicyclic amines) is 1. The molecule has 0 radical (unpaired) electrons. The third kappa shape index (κ3) is 4.59. The normalized spacial score (nSPS) is 32.6. The van der Waals surface area contributed by atoms with Crippen LogP contribution in [0.1, 0.15) is 44.9 Å². The van der Waals surface area contributed by atoms with E-state index < -0.39 is 29.5 Å². The molecule has 1 unspecified atom stereocenters. The number of piperidine rings is 1.